The van der Waals surface area contributed by atoms with Gasteiger partial charge in [0.15, 0.2) is 0 Å². The summed E-state index contributed by atoms with van der Waals surface area (Å²) in [6, 6.07) is 20.7. The topological polar surface area (TPSA) is 41.1 Å². The summed E-state index contributed by atoms with van der Waals surface area (Å²) in [7, 11) is 0. The predicted octanol–water partition coefficient (Wildman–Crippen LogP) is 4.59. The van der Waals surface area contributed by atoms with E-state index in [1.54, 1.807) is 0 Å². The molecule has 138 valence electrons. The van der Waals surface area contributed by atoms with Crippen molar-refractivity contribution in [3.05, 3.63) is 101 Å². The molecule has 27 heavy (non-hydrogen) atoms. The molecule has 5 heteroatoms. The molecule has 3 aromatic rings. The fourth-order valence-electron chi connectivity index (χ4n) is 2.81. The molecule has 0 saturated heterocycles. The van der Waals surface area contributed by atoms with Crippen molar-refractivity contribution in [3.8, 4) is 0 Å². The van der Waals surface area contributed by atoms with E-state index in [0.29, 0.717) is 0 Å². The molecule has 2 N–H and O–H groups in total. The van der Waals surface area contributed by atoms with Crippen molar-refractivity contribution in [3.63, 3.8) is 0 Å². The van der Waals surface area contributed by atoms with Crippen molar-refractivity contribution in [1.82, 2.24) is 5.32 Å². The highest BCUT2D eigenvalue weighted by Gasteiger charge is 2.15. The number of hydrogen-bond acceptors (Lipinski definition) is 2. The second kappa shape index (κ2) is 8.56. The molecule has 1 amide bonds. The Bertz CT molecular complexity index is 911. The Hall–Kier alpha value is -3.05. The molecule has 0 radical (unpaired) electrons. The Labute approximate surface area is 157 Å². The Kier molecular flexibility index (Phi) is 5.94. The third-order valence-electron chi connectivity index (χ3n) is 4.22. The Morgan fingerprint density at radius 3 is 2.26 bits per heavy atom. The molecule has 0 aliphatic carbocycles. The molecule has 3 nitrogen and oxygen atoms in total. The highest BCUT2D eigenvalue weighted by Crippen LogP contribution is 2.22. The smallest absolute Gasteiger partial charge is 0.238 e. The van der Waals surface area contributed by atoms with Crippen molar-refractivity contribution in [2.45, 2.75) is 13.0 Å². The lowest BCUT2D eigenvalue weighted by atomic mass is 9.98. The average Bonchev–Trinajstić information content (AvgIpc) is 2.66. The van der Waals surface area contributed by atoms with Gasteiger partial charge < -0.3 is 5.32 Å². The lowest BCUT2D eigenvalue weighted by Gasteiger charge is -2.20. The molecule has 0 aromatic heterocycles. The Morgan fingerprint density at radius 1 is 0.926 bits per heavy atom. The molecule has 0 aliphatic heterocycles. The van der Waals surface area contributed by atoms with Crippen LogP contribution in [0.25, 0.3) is 0 Å². The molecule has 0 aliphatic rings. The number of amides is 1. The van der Waals surface area contributed by atoms with Gasteiger partial charge in [-0.05, 0) is 30.2 Å². The van der Waals surface area contributed by atoms with Crippen LogP contribution in [0.5, 0.6) is 0 Å². The van der Waals surface area contributed by atoms with Crippen molar-refractivity contribution in [1.29, 1.82) is 0 Å². The molecule has 0 saturated carbocycles. The minimum atomic E-state index is -0.804. The van der Waals surface area contributed by atoms with E-state index in [0.717, 1.165) is 28.8 Å². The normalized spacial score (nSPS) is 11.8. The number of carbonyl (C=O) groups excluding carboxylic acids is 1. The summed E-state index contributed by atoms with van der Waals surface area (Å²) < 4.78 is 26.7. The largest absolute Gasteiger partial charge is 0.322 e. The number of carbonyl (C=O) groups is 1. The van der Waals surface area contributed by atoms with Crippen LogP contribution in [0.3, 0.4) is 0 Å². The summed E-state index contributed by atoms with van der Waals surface area (Å²) in [6.07, 6.45) is 0. The van der Waals surface area contributed by atoms with Crippen LogP contribution >= 0.6 is 0 Å². The van der Waals surface area contributed by atoms with Gasteiger partial charge >= 0.3 is 0 Å². The quantitative estimate of drug-likeness (QED) is 0.670. The highest BCUT2D eigenvalue weighted by molar-refractivity contribution is 5.92. The zero-order valence-corrected chi connectivity index (χ0v) is 14.9. The monoisotopic (exact) mass is 366 g/mol. The molecule has 3 aromatic carbocycles. The summed E-state index contributed by atoms with van der Waals surface area (Å²) >= 11 is 0. The average molecular weight is 366 g/mol. The Morgan fingerprint density at radius 2 is 1.59 bits per heavy atom. The lowest BCUT2D eigenvalue weighted by molar-refractivity contribution is -0.115. The molecule has 0 heterocycles. The van der Waals surface area contributed by atoms with Crippen LogP contribution in [0.4, 0.5) is 14.5 Å². The molecule has 0 fully saturated rings. The SMILES string of the molecule is Cc1ccc([C@H](NCC(=O)Nc2ccc(F)cc2F)c2ccccc2)cc1. The second-order valence-corrected chi connectivity index (χ2v) is 6.31. The molecule has 0 unspecified atom stereocenters. The van der Waals surface area contributed by atoms with E-state index in [9.17, 15) is 13.6 Å². The molecule has 0 spiro atoms. The molecule has 3 rings (SSSR count). The van der Waals surface area contributed by atoms with Crippen LogP contribution in [-0.4, -0.2) is 12.5 Å². The van der Waals surface area contributed by atoms with Crippen molar-refractivity contribution in [2.75, 3.05) is 11.9 Å². The van der Waals surface area contributed by atoms with Crippen LogP contribution < -0.4 is 10.6 Å². The summed E-state index contributed by atoms with van der Waals surface area (Å²) in [6.45, 7) is 1.99. The second-order valence-electron chi connectivity index (χ2n) is 6.31. The highest BCUT2D eigenvalue weighted by atomic mass is 19.1. The first kappa shape index (κ1) is 18.7. The van der Waals surface area contributed by atoms with E-state index in [2.05, 4.69) is 10.6 Å². The number of anilines is 1. The number of aryl methyl sites for hydroxylation is 1. The van der Waals surface area contributed by atoms with Gasteiger partial charge in [0, 0.05) is 6.07 Å². The van der Waals surface area contributed by atoms with Crippen molar-refractivity contribution in [2.24, 2.45) is 0 Å². The van der Waals surface area contributed by atoms with Crippen molar-refractivity contribution >= 4 is 11.6 Å². The molecular weight excluding hydrogens is 346 g/mol. The maximum Gasteiger partial charge on any atom is 0.238 e. The van der Waals surface area contributed by atoms with E-state index >= 15 is 0 Å². The van der Waals surface area contributed by atoms with Crippen LogP contribution in [0.1, 0.15) is 22.7 Å². The van der Waals surface area contributed by atoms with Gasteiger partial charge in [-0.25, -0.2) is 8.78 Å². The number of hydrogen-bond donors (Lipinski definition) is 2. The summed E-state index contributed by atoms with van der Waals surface area (Å²) in [5.74, 6) is -1.90. The summed E-state index contributed by atoms with van der Waals surface area (Å²) in [4.78, 5) is 12.2. The van der Waals surface area contributed by atoms with Gasteiger partial charge in [-0.2, -0.15) is 0 Å². The van der Waals surface area contributed by atoms with Crippen LogP contribution in [0, 0.1) is 18.6 Å². The van der Waals surface area contributed by atoms with Gasteiger partial charge in [0.05, 0.1) is 18.3 Å². The van der Waals surface area contributed by atoms with E-state index in [-0.39, 0.29) is 18.3 Å². The zero-order chi connectivity index (χ0) is 19.2. The van der Waals surface area contributed by atoms with Crippen LogP contribution in [0.15, 0.2) is 72.8 Å². The van der Waals surface area contributed by atoms with Crippen LogP contribution in [-0.2, 0) is 4.79 Å². The standard InChI is InChI=1S/C22H20F2N2O/c1-15-7-9-17(10-8-15)22(16-5-3-2-4-6-16)25-14-21(27)26-20-12-11-18(23)13-19(20)24/h2-13,22,25H,14H2,1H3,(H,26,27)/t22-/m1/s1. The number of rotatable bonds is 6. The predicted molar refractivity (Wildman–Crippen MR) is 102 cm³/mol. The van der Waals surface area contributed by atoms with Gasteiger partial charge in [-0.3, -0.25) is 10.1 Å². The fourth-order valence-corrected chi connectivity index (χ4v) is 2.81. The number of benzene rings is 3. The van der Waals surface area contributed by atoms with Gasteiger partial charge in [-0.1, -0.05) is 60.2 Å². The first-order chi connectivity index (χ1) is 13.0. The zero-order valence-electron chi connectivity index (χ0n) is 14.9. The summed E-state index contributed by atoms with van der Waals surface area (Å²) in [5.41, 5.74) is 3.14. The first-order valence-corrected chi connectivity index (χ1v) is 8.63. The van der Waals surface area contributed by atoms with Gasteiger partial charge in [0.1, 0.15) is 11.6 Å². The van der Waals surface area contributed by atoms with Gasteiger partial charge in [0.25, 0.3) is 0 Å². The Balaban J connectivity index is 1.72. The third kappa shape index (κ3) is 4.99. The molecule has 1 atom stereocenters. The van der Waals surface area contributed by atoms with Gasteiger partial charge in [0.2, 0.25) is 5.91 Å². The lowest BCUT2D eigenvalue weighted by Crippen LogP contribution is -2.32. The minimum absolute atomic E-state index is 0.0236. The molecule has 0 bridgehead atoms. The minimum Gasteiger partial charge on any atom is -0.322 e. The summed E-state index contributed by atoms with van der Waals surface area (Å²) in [5, 5.41) is 5.68. The third-order valence-corrected chi connectivity index (χ3v) is 4.22. The van der Waals surface area contributed by atoms with E-state index < -0.39 is 17.5 Å². The maximum absolute atomic E-state index is 13.7. The number of halogens is 2. The van der Waals surface area contributed by atoms with E-state index in [1.807, 2.05) is 61.5 Å². The maximum atomic E-state index is 13.7. The van der Waals surface area contributed by atoms with Gasteiger partial charge in [-0.15, -0.1) is 0 Å². The fraction of sp³-hybridized carbons (Fsp3) is 0.136. The van der Waals surface area contributed by atoms with Crippen LogP contribution in [0.2, 0.25) is 0 Å². The number of nitrogens with one attached hydrogen (secondary N) is 2. The molecular formula is C22H20F2N2O. The van der Waals surface area contributed by atoms with Crippen molar-refractivity contribution < 1.29 is 13.6 Å². The van der Waals surface area contributed by atoms with E-state index in [1.165, 1.54) is 6.07 Å². The van der Waals surface area contributed by atoms with E-state index in [4.69, 9.17) is 0 Å². The first-order valence-electron chi connectivity index (χ1n) is 8.63.